The van der Waals surface area contributed by atoms with Crippen LogP contribution in [0.3, 0.4) is 0 Å². The molecule has 0 unspecified atom stereocenters. The maximum Gasteiger partial charge on any atom is 0.261 e. The molecule has 2 N–H and O–H groups in total. The predicted molar refractivity (Wildman–Crippen MR) is 103 cm³/mol. The van der Waals surface area contributed by atoms with Crippen molar-refractivity contribution in [1.82, 2.24) is 14.5 Å². The number of fused-ring (bicyclic) bond motifs is 1. The van der Waals surface area contributed by atoms with Gasteiger partial charge in [0, 0.05) is 22.8 Å². The number of hydrogen-bond donors (Lipinski definition) is 2. The smallest absolute Gasteiger partial charge is 0.261 e. The Balaban J connectivity index is 2.18. The molecular weight excluding hydrogens is 333 g/mol. The summed E-state index contributed by atoms with van der Waals surface area (Å²) in [4.78, 5) is 21.3. The van der Waals surface area contributed by atoms with E-state index in [4.69, 9.17) is 4.11 Å². The van der Waals surface area contributed by atoms with Crippen LogP contribution in [0.15, 0.2) is 35.4 Å². The van der Waals surface area contributed by atoms with Crippen LogP contribution in [0.5, 0.6) is 0 Å². The lowest BCUT2D eigenvalue weighted by Gasteiger charge is -2.23. The van der Waals surface area contributed by atoms with E-state index in [2.05, 4.69) is 20.6 Å². The van der Waals surface area contributed by atoms with E-state index in [0.29, 0.717) is 27.2 Å². The first-order chi connectivity index (χ1) is 13.3. The average molecular weight is 358 g/mol. The maximum atomic E-state index is 13.5. The number of pyridine rings is 3. The quantitative estimate of drug-likeness (QED) is 0.746. The van der Waals surface area contributed by atoms with Crippen molar-refractivity contribution < 1.29 is 8.50 Å². The van der Waals surface area contributed by atoms with E-state index >= 15 is 0 Å². The molecule has 0 radical (unpaired) electrons. The average Bonchev–Trinajstić information content (AvgIpc) is 2.55. The Morgan fingerprint density at radius 1 is 1.27 bits per heavy atom. The molecule has 0 aromatic carbocycles. The van der Waals surface area contributed by atoms with Crippen LogP contribution < -0.4 is 16.2 Å². The molecule has 0 spiro atoms. The number of anilines is 3. The highest BCUT2D eigenvalue weighted by Crippen LogP contribution is 2.26. The molecule has 3 rings (SSSR count). The van der Waals surface area contributed by atoms with Crippen LogP contribution in [0.2, 0.25) is 0 Å². The Kier molecular flexibility index (Phi) is 3.50. The van der Waals surface area contributed by atoms with Crippen molar-refractivity contribution in [2.24, 2.45) is 6.98 Å². The Bertz CT molecular complexity index is 1140. The molecule has 0 atom stereocenters. The van der Waals surface area contributed by atoms with Gasteiger partial charge in [0.15, 0.2) is 0 Å². The monoisotopic (exact) mass is 358 g/mol. The van der Waals surface area contributed by atoms with Crippen molar-refractivity contribution in [1.29, 1.82) is 0 Å². The Morgan fingerprint density at radius 3 is 2.69 bits per heavy atom. The van der Waals surface area contributed by atoms with Crippen molar-refractivity contribution in [3.8, 4) is 0 Å². The van der Waals surface area contributed by atoms with Crippen molar-refractivity contribution in [3.63, 3.8) is 0 Å². The third kappa shape index (κ3) is 3.66. The molecule has 0 aliphatic rings. The molecule has 0 aliphatic carbocycles. The fourth-order valence-electron chi connectivity index (χ4n) is 2.51. The van der Waals surface area contributed by atoms with Crippen molar-refractivity contribution in [3.05, 3.63) is 52.3 Å². The molecule has 3 heterocycles. The summed E-state index contributed by atoms with van der Waals surface area (Å²) in [7, 11) is 0. The zero-order valence-corrected chi connectivity index (χ0v) is 15.0. The van der Waals surface area contributed by atoms with Gasteiger partial charge >= 0.3 is 0 Å². The van der Waals surface area contributed by atoms with Crippen LogP contribution in [-0.2, 0) is 6.98 Å². The highest BCUT2D eigenvalue weighted by molar-refractivity contribution is 5.93. The summed E-state index contributed by atoms with van der Waals surface area (Å²) in [5, 5.41) is 6.85. The summed E-state index contributed by atoms with van der Waals surface area (Å²) in [5.41, 5.74) is -0.669. The van der Waals surface area contributed by atoms with E-state index in [1.807, 2.05) is 20.8 Å². The summed E-state index contributed by atoms with van der Waals surface area (Å²) in [5.74, 6) is 0.615. The molecule has 7 heteroatoms. The molecule has 136 valence electrons. The number of hydrogen-bond acceptors (Lipinski definition) is 5. The van der Waals surface area contributed by atoms with Crippen molar-refractivity contribution >= 4 is 28.2 Å². The van der Waals surface area contributed by atoms with Gasteiger partial charge in [0.05, 0.1) is 11.6 Å². The largest absolute Gasteiger partial charge is 0.365 e. The fraction of sp³-hybridized carbons (Fsp3) is 0.316. The molecule has 0 fully saturated rings. The summed E-state index contributed by atoms with van der Waals surface area (Å²) in [6.07, 6.45) is 2.35. The minimum absolute atomic E-state index is 0.173. The van der Waals surface area contributed by atoms with E-state index in [9.17, 15) is 9.18 Å². The standard InChI is InChI=1S/C19H22FN5O/c1-11-8-14(21-10-13(11)20)22-15-9-12-6-7-25(5)18(26)16(12)17(23-15)24-19(2,3)4/h6-10H,1-5H3,(H2,21,22,23,24)/i5D3. The Labute approximate surface area is 155 Å². The summed E-state index contributed by atoms with van der Waals surface area (Å²) in [6.45, 7) is 4.72. The minimum atomic E-state index is -2.60. The number of aromatic nitrogens is 3. The second-order valence-electron chi connectivity index (χ2n) is 7.13. The van der Waals surface area contributed by atoms with Gasteiger partial charge < -0.3 is 15.2 Å². The summed E-state index contributed by atoms with van der Waals surface area (Å²) in [6, 6.07) is 4.71. The highest BCUT2D eigenvalue weighted by Gasteiger charge is 2.17. The molecule has 0 saturated carbocycles. The number of aryl methyl sites for hydroxylation is 2. The zero-order chi connectivity index (χ0) is 21.6. The number of halogens is 1. The molecule has 0 aliphatic heterocycles. The summed E-state index contributed by atoms with van der Waals surface area (Å²) >= 11 is 0. The predicted octanol–water partition coefficient (Wildman–Crippen LogP) is 3.73. The lowest BCUT2D eigenvalue weighted by atomic mass is 10.1. The molecular formula is C19H22FN5O. The second-order valence-corrected chi connectivity index (χ2v) is 7.13. The van der Waals surface area contributed by atoms with Gasteiger partial charge in [0.1, 0.15) is 23.3 Å². The third-order valence-electron chi connectivity index (χ3n) is 3.68. The van der Waals surface area contributed by atoms with E-state index in [-0.39, 0.29) is 11.2 Å². The minimum Gasteiger partial charge on any atom is -0.365 e. The van der Waals surface area contributed by atoms with Crippen LogP contribution in [0.25, 0.3) is 10.8 Å². The molecule has 3 aromatic rings. The normalized spacial score (nSPS) is 13.8. The van der Waals surface area contributed by atoms with Crippen LogP contribution in [-0.4, -0.2) is 20.1 Å². The second kappa shape index (κ2) is 6.40. The Morgan fingerprint density at radius 2 is 2.04 bits per heavy atom. The molecule has 0 amide bonds. The van der Waals surface area contributed by atoms with Crippen LogP contribution >= 0.6 is 0 Å². The molecule has 26 heavy (non-hydrogen) atoms. The van der Waals surface area contributed by atoms with Gasteiger partial charge in [-0.1, -0.05) is 0 Å². The van der Waals surface area contributed by atoms with E-state index in [0.717, 1.165) is 6.20 Å². The van der Waals surface area contributed by atoms with Crippen molar-refractivity contribution in [2.45, 2.75) is 33.2 Å². The maximum absolute atomic E-state index is 13.5. The van der Waals surface area contributed by atoms with Gasteiger partial charge in [-0.3, -0.25) is 4.79 Å². The van der Waals surface area contributed by atoms with Gasteiger partial charge in [-0.05, 0) is 56.8 Å². The van der Waals surface area contributed by atoms with Gasteiger partial charge in [-0.2, -0.15) is 0 Å². The first kappa shape index (κ1) is 14.2. The van der Waals surface area contributed by atoms with Crippen LogP contribution in [0.1, 0.15) is 30.4 Å². The first-order valence-electron chi connectivity index (χ1n) is 9.59. The summed E-state index contributed by atoms with van der Waals surface area (Å²) < 4.78 is 36.9. The van der Waals surface area contributed by atoms with E-state index < -0.39 is 23.9 Å². The van der Waals surface area contributed by atoms with Crippen LogP contribution in [0, 0.1) is 12.7 Å². The topological polar surface area (TPSA) is 71.8 Å². The first-order valence-corrected chi connectivity index (χ1v) is 8.09. The van der Waals surface area contributed by atoms with Crippen molar-refractivity contribution in [2.75, 3.05) is 10.6 Å². The van der Waals surface area contributed by atoms with Gasteiger partial charge in [-0.25, -0.2) is 14.4 Å². The molecule has 0 bridgehead atoms. The van der Waals surface area contributed by atoms with Gasteiger partial charge in [0.25, 0.3) is 5.56 Å². The molecule has 3 aromatic heterocycles. The lowest BCUT2D eigenvalue weighted by Crippen LogP contribution is -2.28. The SMILES string of the molecule is [2H]C([2H])([2H])n1ccc2cc(Nc3cc(C)c(F)cn3)nc(NC(C)(C)C)c2c1=O. The number of nitrogens with one attached hydrogen (secondary N) is 2. The lowest BCUT2D eigenvalue weighted by molar-refractivity contribution is 0.612. The zero-order valence-electron chi connectivity index (χ0n) is 18.0. The molecule has 0 saturated heterocycles. The number of nitrogens with zero attached hydrogens (tertiary/aromatic N) is 3. The Hall–Kier alpha value is -2.96. The highest BCUT2D eigenvalue weighted by atomic mass is 19.1. The molecule has 6 nitrogen and oxygen atoms in total. The van der Waals surface area contributed by atoms with E-state index in [1.54, 1.807) is 25.1 Å². The van der Waals surface area contributed by atoms with E-state index in [1.165, 1.54) is 6.20 Å². The van der Waals surface area contributed by atoms with Gasteiger partial charge in [-0.15, -0.1) is 0 Å². The van der Waals surface area contributed by atoms with Gasteiger partial charge in [0.2, 0.25) is 0 Å². The van der Waals surface area contributed by atoms with Crippen LogP contribution in [0.4, 0.5) is 21.8 Å². The number of rotatable bonds is 3. The third-order valence-corrected chi connectivity index (χ3v) is 3.68. The fourth-order valence-corrected chi connectivity index (χ4v) is 2.51.